The minimum absolute atomic E-state index is 0.0594. The Morgan fingerprint density at radius 1 is 1.15 bits per heavy atom. The summed E-state index contributed by atoms with van der Waals surface area (Å²) in [5.74, 6) is 0.588. The van der Waals surface area contributed by atoms with Crippen molar-refractivity contribution in [3.05, 3.63) is 58.1 Å². The molecule has 1 aliphatic rings. The fourth-order valence-electron chi connectivity index (χ4n) is 2.12. The Kier molecular flexibility index (Phi) is 3.81. The van der Waals surface area contributed by atoms with E-state index < -0.39 is 0 Å². The zero-order chi connectivity index (χ0) is 14.1. The number of halogens is 2. The monoisotopic (exact) mass is 395 g/mol. The van der Waals surface area contributed by atoms with Crippen LogP contribution < -0.4 is 10.1 Å². The minimum Gasteiger partial charge on any atom is -0.482 e. The molecule has 0 saturated carbocycles. The van der Waals surface area contributed by atoms with E-state index in [-0.39, 0.29) is 17.3 Å². The van der Waals surface area contributed by atoms with E-state index >= 15 is 0 Å². The molecule has 20 heavy (non-hydrogen) atoms. The topological polar surface area (TPSA) is 38.3 Å². The Balaban J connectivity index is 1.94. The Morgan fingerprint density at radius 2 is 1.95 bits per heavy atom. The molecule has 2 aromatic carbocycles. The third-order valence-corrected chi connectivity index (χ3v) is 4.62. The van der Waals surface area contributed by atoms with Crippen LogP contribution in [0.15, 0.2) is 46.9 Å². The van der Waals surface area contributed by atoms with Crippen LogP contribution >= 0.6 is 31.9 Å². The van der Waals surface area contributed by atoms with Crippen LogP contribution in [0.3, 0.4) is 0 Å². The highest BCUT2D eigenvalue weighted by Crippen LogP contribution is 2.37. The zero-order valence-electron chi connectivity index (χ0n) is 10.4. The lowest BCUT2D eigenvalue weighted by atomic mass is 10.0. The van der Waals surface area contributed by atoms with Crippen molar-refractivity contribution in [2.24, 2.45) is 0 Å². The minimum atomic E-state index is -0.122. The van der Waals surface area contributed by atoms with E-state index in [1.54, 1.807) is 0 Å². The summed E-state index contributed by atoms with van der Waals surface area (Å²) < 4.78 is 6.40. The normalized spacial score (nSPS) is 15.0. The summed E-state index contributed by atoms with van der Waals surface area (Å²) in [6.07, 6.45) is 0. The highest BCUT2D eigenvalue weighted by molar-refractivity contribution is 9.10. The summed E-state index contributed by atoms with van der Waals surface area (Å²) in [6, 6.07) is 13.9. The fraction of sp³-hybridized carbons (Fsp3) is 0.133. The smallest absolute Gasteiger partial charge is 0.262 e. The van der Waals surface area contributed by atoms with Crippen molar-refractivity contribution in [2.45, 2.75) is 4.83 Å². The second kappa shape index (κ2) is 5.58. The van der Waals surface area contributed by atoms with Gasteiger partial charge in [-0.25, -0.2) is 0 Å². The molecule has 3 rings (SSSR count). The number of anilines is 1. The second-order valence-electron chi connectivity index (χ2n) is 4.51. The van der Waals surface area contributed by atoms with E-state index in [1.165, 1.54) is 0 Å². The van der Waals surface area contributed by atoms with Gasteiger partial charge in [-0.2, -0.15) is 0 Å². The van der Waals surface area contributed by atoms with Gasteiger partial charge in [0.1, 0.15) is 5.75 Å². The van der Waals surface area contributed by atoms with Gasteiger partial charge in [-0.3, -0.25) is 4.79 Å². The Labute approximate surface area is 133 Å². The van der Waals surface area contributed by atoms with Gasteiger partial charge in [-0.15, -0.1) is 0 Å². The lowest BCUT2D eigenvalue weighted by molar-refractivity contribution is -0.118. The van der Waals surface area contributed by atoms with E-state index in [4.69, 9.17) is 4.74 Å². The summed E-state index contributed by atoms with van der Waals surface area (Å²) >= 11 is 7.17. The zero-order valence-corrected chi connectivity index (χ0v) is 13.6. The molecule has 0 aliphatic carbocycles. The largest absolute Gasteiger partial charge is 0.482 e. The van der Waals surface area contributed by atoms with Crippen LogP contribution in [0, 0.1) is 0 Å². The van der Waals surface area contributed by atoms with E-state index in [0.717, 1.165) is 21.3 Å². The Bertz CT molecular complexity index is 673. The summed E-state index contributed by atoms with van der Waals surface area (Å²) in [5, 5.41) is 2.82. The van der Waals surface area contributed by atoms with E-state index in [2.05, 4.69) is 49.3 Å². The van der Waals surface area contributed by atoms with Crippen LogP contribution in [0.5, 0.6) is 5.75 Å². The van der Waals surface area contributed by atoms with Gasteiger partial charge < -0.3 is 10.1 Å². The van der Waals surface area contributed by atoms with Crippen molar-refractivity contribution in [3.8, 4) is 5.75 Å². The lowest BCUT2D eigenvalue weighted by Gasteiger charge is -2.20. The second-order valence-corrected chi connectivity index (χ2v) is 6.34. The van der Waals surface area contributed by atoms with Gasteiger partial charge in [0.25, 0.3) is 5.91 Å². The predicted molar refractivity (Wildman–Crippen MR) is 85.5 cm³/mol. The number of ether oxygens (including phenoxy) is 1. The number of hydrogen-bond donors (Lipinski definition) is 1. The molecular formula is C15H11Br2NO2. The molecule has 1 atom stereocenters. The van der Waals surface area contributed by atoms with Gasteiger partial charge in [0.05, 0.1) is 10.5 Å². The van der Waals surface area contributed by atoms with Crippen LogP contribution in [-0.2, 0) is 4.79 Å². The van der Waals surface area contributed by atoms with Gasteiger partial charge in [0, 0.05) is 4.47 Å². The molecule has 0 bridgehead atoms. The molecule has 1 unspecified atom stereocenters. The number of fused-ring (bicyclic) bond motifs is 1. The van der Waals surface area contributed by atoms with E-state index in [0.29, 0.717) is 5.75 Å². The average molecular weight is 397 g/mol. The molecule has 0 spiro atoms. The number of nitrogens with one attached hydrogen (secondary N) is 1. The molecule has 3 nitrogen and oxygen atoms in total. The quantitative estimate of drug-likeness (QED) is 0.770. The molecule has 0 aromatic heterocycles. The maximum atomic E-state index is 11.4. The first-order valence-electron chi connectivity index (χ1n) is 6.09. The number of rotatable bonds is 2. The summed E-state index contributed by atoms with van der Waals surface area (Å²) in [6.45, 7) is 0.0791. The molecule has 1 heterocycles. The molecule has 0 fully saturated rings. The molecule has 1 aliphatic heterocycles. The third-order valence-electron chi connectivity index (χ3n) is 3.07. The van der Waals surface area contributed by atoms with Gasteiger partial charge in [-0.1, -0.05) is 50.1 Å². The molecule has 1 amide bonds. The molecule has 1 N–H and O–H groups in total. The van der Waals surface area contributed by atoms with Crippen molar-refractivity contribution in [2.75, 3.05) is 11.9 Å². The predicted octanol–water partition coefficient (Wildman–Crippen LogP) is 4.26. The first-order chi connectivity index (χ1) is 9.63. The highest BCUT2D eigenvalue weighted by atomic mass is 79.9. The fourth-order valence-corrected chi connectivity index (χ4v) is 3.10. The number of carbonyl (C=O) groups is 1. The first-order valence-corrected chi connectivity index (χ1v) is 7.80. The van der Waals surface area contributed by atoms with Crippen molar-refractivity contribution in [3.63, 3.8) is 0 Å². The number of carbonyl (C=O) groups excluding carboxylic acids is 1. The summed E-state index contributed by atoms with van der Waals surface area (Å²) in [4.78, 5) is 11.4. The van der Waals surface area contributed by atoms with Gasteiger partial charge >= 0.3 is 0 Å². The van der Waals surface area contributed by atoms with Crippen LogP contribution in [0.4, 0.5) is 5.69 Å². The van der Waals surface area contributed by atoms with Crippen LogP contribution in [-0.4, -0.2) is 12.5 Å². The Hall–Kier alpha value is -1.33. The Morgan fingerprint density at radius 3 is 2.75 bits per heavy atom. The molecule has 0 saturated heterocycles. The van der Waals surface area contributed by atoms with Gasteiger partial charge in [-0.05, 0) is 35.4 Å². The molecule has 0 radical (unpaired) electrons. The van der Waals surface area contributed by atoms with Gasteiger partial charge in [0.15, 0.2) is 6.61 Å². The number of alkyl halides is 1. The SMILES string of the molecule is O=C1COc2ccc(C(Br)c3cccc(Br)c3)cc2N1. The number of hydrogen-bond acceptors (Lipinski definition) is 2. The average Bonchev–Trinajstić information content (AvgIpc) is 2.45. The third kappa shape index (κ3) is 2.74. The summed E-state index contributed by atoms with van der Waals surface area (Å²) in [7, 11) is 0. The van der Waals surface area contributed by atoms with Crippen molar-refractivity contribution < 1.29 is 9.53 Å². The molecule has 102 valence electrons. The van der Waals surface area contributed by atoms with E-state index in [1.807, 2.05) is 30.3 Å². The molecule has 5 heteroatoms. The van der Waals surface area contributed by atoms with Crippen LogP contribution in [0.1, 0.15) is 16.0 Å². The maximum absolute atomic E-state index is 11.4. The van der Waals surface area contributed by atoms with Crippen molar-refractivity contribution in [1.82, 2.24) is 0 Å². The lowest BCUT2D eigenvalue weighted by Crippen LogP contribution is -2.25. The standard InChI is InChI=1S/C15H11Br2NO2/c16-11-3-1-2-9(6-11)15(17)10-4-5-13-12(7-10)18-14(19)8-20-13/h1-7,15H,8H2,(H,18,19). The molecular weight excluding hydrogens is 386 g/mol. The van der Waals surface area contributed by atoms with Crippen molar-refractivity contribution in [1.29, 1.82) is 0 Å². The highest BCUT2D eigenvalue weighted by Gasteiger charge is 2.18. The van der Waals surface area contributed by atoms with Crippen LogP contribution in [0.25, 0.3) is 0 Å². The van der Waals surface area contributed by atoms with E-state index in [9.17, 15) is 4.79 Å². The number of amides is 1. The first kappa shape index (κ1) is 13.6. The maximum Gasteiger partial charge on any atom is 0.262 e. The van der Waals surface area contributed by atoms with Crippen LogP contribution in [0.2, 0.25) is 0 Å². The van der Waals surface area contributed by atoms with Crippen molar-refractivity contribution >= 4 is 43.5 Å². The molecule has 2 aromatic rings. The summed E-state index contributed by atoms with van der Waals surface area (Å²) in [5.41, 5.74) is 2.92. The number of benzene rings is 2. The van der Waals surface area contributed by atoms with Gasteiger partial charge in [0.2, 0.25) is 0 Å².